The Hall–Kier alpha value is -1.75. The van der Waals surface area contributed by atoms with Crippen LogP contribution >= 0.6 is 0 Å². The van der Waals surface area contributed by atoms with Crippen LogP contribution in [-0.2, 0) is 13.5 Å². The van der Waals surface area contributed by atoms with Gasteiger partial charge in [0.05, 0.1) is 12.5 Å². The molecule has 2 aromatic rings. The molecule has 1 atom stereocenters. The molecule has 0 aliphatic heterocycles. The Bertz CT molecular complexity index is 532. The summed E-state index contributed by atoms with van der Waals surface area (Å²) in [4.78, 5) is 13.1. The van der Waals surface area contributed by atoms with E-state index in [0.29, 0.717) is 5.82 Å². The standard InChI is InChI=1S/C13H19N5/c1-4-10(14)6-11-5-9(2)16-13(17-11)12-7-15-8-18(12)3/h5,7-8,10H,4,6,14H2,1-3H3. The van der Waals surface area contributed by atoms with E-state index in [4.69, 9.17) is 5.73 Å². The topological polar surface area (TPSA) is 69.6 Å². The lowest BCUT2D eigenvalue weighted by Gasteiger charge is -2.10. The van der Waals surface area contributed by atoms with E-state index in [1.54, 1.807) is 12.5 Å². The Morgan fingerprint density at radius 3 is 2.78 bits per heavy atom. The van der Waals surface area contributed by atoms with E-state index in [1.807, 2.05) is 24.6 Å². The molecular formula is C13H19N5. The van der Waals surface area contributed by atoms with Crippen LogP contribution in [0.4, 0.5) is 0 Å². The highest BCUT2D eigenvalue weighted by molar-refractivity contribution is 5.48. The smallest absolute Gasteiger partial charge is 0.178 e. The molecule has 0 radical (unpaired) electrons. The van der Waals surface area contributed by atoms with Crippen LogP contribution in [0.25, 0.3) is 11.5 Å². The Balaban J connectivity index is 2.35. The minimum atomic E-state index is 0.152. The fraction of sp³-hybridized carbons (Fsp3) is 0.462. The first kappa shape index (κ1) is 12.7. The van der Waals surface area contributed by atoms with E-state index in [-0.39, 0.29) is 6.04 Å². The summed E-state index contributed by atoms with van der Waals surface area (Å²) in [6.07, 6.45) is 5.26. The van der Waals surface area contributed by atoms with Gasteiger partial charge in [-0.05, 0) is 19.4 Å². The highest BCUT2D eigenvalue weighted by atomic mass is 15.1. The zero-order chi connectivity index (χ0) is 13.1. The Morgan fingerprint density at radius 1 is 1.39 bits per heavy atom. The summed E-state index contributed by atoms with van der Waals surface area (Å²) >= 11 is 0. The van der Waals surface area contributed by atoms with Crippen LogP contribution in [-0.4, -0.2) is 25.6 Å². The molecule has 96 valence electrons. The minimum Gasteiger partial charge on any atom is -0.331 e. The van der Waals surface area contributed by atoms with Gasteiger partial charge in [-0.1, -0.05) is 6.92 Å². The van der Waals surface area contributed by atoms with Gasteiger partial charge >= 0.3 is 0 Å². The summed E-state index contributed by atoms with van der Waals surface area (Å²) in [5.74, 6) is 0.716. The lowest BCUT2D eigenvalue weighted by atomic mass is 10.1. The summed E-state index contributed by atoms with van der Waals surface area (Å²) in [5.41, 5.74) is 8.85. The highest BCUT2D eigenvalue weighted by Gasteiger charge is 2.10. The van der Waals surface area contributed by atoms with Crippen LogP contribution in [0, 0.1) is 6.92 Å². The number of nitrogens with zero attached hydrogens (tertiary/aromatic N) is 4. The van der Waals surface area contributed by atoms with Crippen molar-refractivity contribution in [3.05, 3.63) is 30.0 Å². The molecule has 2 aromatic heterocycles. The predicted molar refractivity (Wildman–Crippen MR) is 70.9 cm³/mol. The molecule has 18 heavy (non-hydrogen) atoms. The highest BCUT2D eigenvalue weighted by Crippen LogP contribution is 2.15. The number of nitrogens with two attached hydrogens (primary N) is 1. The van der Waals surface area contributed by atoms with Crippen molar-refractivity contribution >= 4 is 0 Å². The van der Waals surface area contributed by atoms with Crippen molar-refractivity contribution in [2.24, 2.45) is 12.8 Å². The minimum absolute atomic E-state index is 0.152. The molecule has 1 unspecified atom stereocenters. The lowest BCUT2D eigenvalue weighted by Crippen LogP contribution is -2.22. The third-order valence-electron chi connectivity index (χ3n) is 2.95. The Morgan fingerprint density at radius 2 is 2.17 bits per heavy atom. The van der Waals surface area contributed by atoms with Gasteiger partial charge in [0.1, 0.15) is 5.69 Å². The Labute approximate surface area is 107 Å². The van der Waals surface area contributed by atoms with Gasteiger partial charge in [-0.2, -0.15) is 0 Å². The molecule has 0 saturated carbocycles. The van der Waals surface area contributed by atoms with Gasteiger partial charge in [0, 0.05) is 30.9 Å². The average Bonchev–Trinajstić information content (AvgIpc) is 2.74. The largest absolute Gasteiger partial charge is 0.331 e. The summed E-state index contributed by atoms with van der Waals surface area (Å²) in [7, 11) is 1.94. The summed E-state index contributed by atoms with van der Waals surface area (Å²) in [6, 6.07) is 2.15. The molecule has 5 heteroatoms. The van der Waals surface area contributed by atoms with Crippen molar-refractivity contribution in [3.8, 4) is 11.5 Å². The fourth-order valence-corrected chi connectivity index (χ4v) is 1.84. The monoisotopic (exact) mass is 245 g/mol. The molecular weight excluding hydrogens is 226 g/mol. The maximum atomic E-state index is 5.98. The van der Waals surface area contributed by atoms with Gasteiger partial charge < -0.3 is 10.3 Å². The second kappa shape index (κ2) is 5.27. The zero-order valence-corrected chi connectivity index (χ0v) is 11.1. The second-order valence-corrected chi connectivity index (χ2v) is 4.59. The molecule has 2 rings (SSSR count). The van der Waals surface area contributed by atoms with Gasteiger partial charge in [-0.3, -0.25) is 0 Å². The number of aryl methyl sites for hydroxylation is 2. The van der Waals surface area contributed by atoms with Crippen molar-refractivity contribution in [1.82, 2.24) is 19.5 Å². The lowest BCUT2D eigenvalue weighted by molar-refractivity contribution is 0.635. The van der Waals surface area contributed by atoms with Gasteiger partial charge in [0.25, 0.3) is 0 Å². The van der Waals surface area contributed by atoms with E-state index in [1.165, 1.54) is 0 Å². The van der Waals surface area contributed by atoms with Crippen LogP contribution in [0.15, 0.2) is 18.6 Å². The van der Waals surface area contributed by atoms with Crippen LogP contribution < -0.4 is 5.73 Å². The van der Waals surface area contributed by atoms with Crippen molar-refractivity contribution in [2.45, 2.75) is 32.7 Å². The second-order valence-electron chi connectivity index (χ2n) is 4.59. The van der Waals surface area contributed by atoms with Crippen molar-refractivity contribution in [2.75, 3.05) is 0 Å². The van der Waals surface area contributed by atoms with Crippen molar-refractivity contribution in [1.29, 1.82) is 0 Å². The predicted octanol–water partition coefficient (Wildman–Crippen LogP) is 1.47. The van der Waals surface area contributed by atoms with Gasteiger partial charge in [-0.25, -0.2) is 15.0 Å². The number of aromatic nitrogens is 4. The first-order valence-corrected chi connectivity index (χ1v) is 6.17. The number of rotatable bonds is 4. The quantitative estimate of drug-likeness (QED) is 0.885. The SMILES string of the molecule is CCC(N)Cc1cc(C)nc(-c2cncn2C)n1. The van der Waals surface area contributed by atoms with E-state index in [9.17, 15) is 0 Å². The van der Waals surface area contributed by atoms with Crippen molar-refractivity contribution < 1.29 is 0 Å². The zero-order valence-electron chi connectivity index (χ0n) is 11.1. The number of imidazole rings is 1. The van der Waals surface area contributed by atoms with Gasteiger partial charge in [0.15, 0.2) is 5.82 Å². The molecule has 0 bridgehead atoms. The molecule has 0 aliphatic carbocycles. The van der Waals surface area contributed by atoms with Crippen LogP contribution in [0.5, 0.6) is 0 Å². The molecule has 5 nitrogen and oxygen atoms in total. The first-order chi connectivity index (χ1) is 8.60. The third-order valence-corrected chi connectivity index (χ3v) is 2.95. The molecule has 0 aliphatic rings. The third kappa shape index (κ3) is 2.73. The molecule has 0 fully saturated rings. The average molecular weight is 245 g/mol. The van der Waals surface area contributed by atoms with Gasteiger partial charge in [-0.15, -0.1) is 0 Å². The Kier molecular flexibility index (Phi) is 3.72. The van der Waals surface area contributed by atoms with E-state index < -0.39 is 0 Å². The van der Waals surface area contributed by atoms with Crippen LogP contribution in [0.3, 0.4) is 0 Å². The molecule has 0 saturated heterocycles. The number of hydrogen-bond acceptors (Lipinski definition) is 4. The molecule has 0 amide bonds. The number of hydrogen-bond donors (Lipinski definition) is 1. The van der Waals surface area contributed by atoms with E-state index in [2.05, 4.69) is 21.9 Å². The van der Waals surface area contributed by atoms with Crippen molar-refractivity contribution in [3.63, 3.8) is 0 Å². The van der Waals surface area contributed by atoms with Crippen LogP contribution in [0.2, 0.25) is 0 Å². The van der Waals surface area contributed by atoms with E-state index >= 15 is 0 Å². The maximum Gasteiger partial charge on any atom is 0.178 e. The summed E-state index contributed by atoms with van der Waals surface area (Å²) in [5, 5.41) is 0. The summed E-state index contributed by atoms with van der Waals surface area (Å²) in [6.45, 7) is 4.06. The fourth-order valence-electron chi connectivity index (χ4n) is 1.84. The van der Waals surface area contributed by atoms with Crippen LogP contribution in [0.1, 0.15) is 24.7 Å². The molecule has 0 spiro atoms. The normalized spacial score (nSPS) is 12.7. The van der Waals surface area contributed by atoms with Gasteiger partial charge in [0.2, 0.25) is 0 Å². The molecule has 2 N–H and O–H groups in total. The summed E-state index contributed by atoms with van der Waals surface area (Å²) < 4.78 is 1.91. The molecule has 0 aromatic carbocycles. The first-order valence-electron chi connectivity index (χ1n) is 6.17. The maximum absolute atomic E-state index is 5.98. The molecule has 2 heterocycles. The van der Waals surface area contributed by atoms with E-state index in [0.717, 1.165) is 29.9 Å².